The Bertz CT molecular complexity index is 987. The summed E-state index contributed by atoms with van der Waals surface area (Å²) >= 11 is 0. The number of carbonyl (C=O) groups is 1. The first-order chi connectivity index (χ1) is 13.5. The van der Waals surface area contributed by atoms with Crippen LogP contribution in [-0.4, -0.2) is 75.5 Å². The third-order valence-electron chi connectivity index (χ3n) is 5.23. The van der Waals surface area contributed by atoms with Crippen LogP contribution in [0.5, 0.6) is 0 Å². The normalized spacial score (nSPS) is 20.7. The van der Waals surface area contributed by atoms with Crippen molar-refractivity contribution < 1.29 is 30.4 Å². The zero-order valence-electron chi connectivity index (χ0n) is 15.5. The van der Waals surface area contributed by atoms with E-state index in [0.717, 1.165) is 20.7 Å². The van der Waals surface area contributed by atoms with Crippen LogP contribution >= 0.6 is 0 Å². The van der Waals surface area contributed by atoms with E-state index in [2.05, 4.69) is 0 Å². The summed E-state index contributed by atoms with van der Waals surface area (Å²) in [7, 11) is -7.92. The van der Waals surface area contributed by atoms with Gasteiger partial charge in [-0.1, -0.05) is 0 Å². The van der Waals surface area contributed by atoms with Crippen molar-refractivity contribution in [2.24, 2.45) is 11.1 Å². The molecule has 2 heterocycles. The minimum atomic E-state index is -4.14. The van der Waals surface area contributed by atoms with Crippen molar-refractivity contribution in [1.82, 2.24) is 13.5 Å². The van der Waals surface area contributed by atoms with E-state index in [9.17, 15) is 30.4 Å². The molecule has 0 bridgehead atoms. The van der Waals surface area contributed by atoms with E-state index in [1.807, 2.05) is 0 Å². The number of hydrogen-bond donors (Lipinski definition) is 1. The average Bonchev–Trinajstić information content (AvgIpc) is 2.66. The van der Waals surface area contributed by atoms with Gasteiger partial charge in [0.1, 0.15) is 16.5 Å². The maximum absolute atomic E-state index is 13.9. The first-order valence-corrected chi connectivity index (χ1v) is 12.0. The maximum atomic E-state index is 13.9. The number of piperazine rings is 1. The molecular weight excluding hydrogens is 430 g/mol. The number of halogens is 2. The van der Waals surface area contributed by atoms with Gasteiger partial charge in [-0.05, 0) is 25.0 Å². The molecule has 162 valence electrons. The third-order valence-corrected chi connectivity index (χ3v) is 8.24. The molecular formula is C16H22F2N4O5S2. The van der Waals surface area contributed by atoms with Crippen LogP contribution in [-0.2, 0) is 25.0 Å². The van der Waals surface area contributed by atoms with Gasteiger partial charge in [0.05, 0.1) is 0 Å². The monoisotopic (exact) mass is 452 g/mol. The minimum absolute atomic E-state index is 0.0130. The van der Waals surface area contributed by atoms with E-state index in [1.54, 1.807) is 0 Å². The molecule has 29 heavy (non-hydrogen) atoms. The van der Waals surface area contributed by atoms with Crippen molar-refractivity contribution in [1.29, 1.82) is 0 Å². The van der Waals surface area contributed by atoms with Crippen LogP contribution in [0, 0.1) is 17.6 Å². The van der Waals surface area contributed by atoms with Crippen LogP contribution in [0.2, 0.25) is 0 Å². The van der Waals surface area contributed by atoms with Gasteiger partial charge < -0.3 is 4.90 Å². The second kappa shape index (κ2) is 8.22. The fourth-order valence-electron chi connectivity index (χ4n) is 3.59. The summed E-state index contributed by atoms with van der Waals surface area (Å²) in [5, 5.41) is 5.09. The summed E-state index contributed by atoms with van der Waals surface area (Å²) < 4.78 is 77.1. The molecule has 0 unspecified atom stereocenters. The van der Waals surface area contributed by atoms with Gasteiger partial charge in [-0.3, -0.25) is 4.79 Å². The molecule has 3 rings (SSSR count). The molecule has 1 aromatic rings. The fraction of sp³-hybridized carbons (Fsp3) is 0.562. The van der Waals surface area contributed by atoms with Crippen LogP contribution in [0.3, 0.4) is 0 Å². The zero-order chi connectivity index (χ0) is 21.4. The predicted molar refractivity (Wildman–Crippen MR) is 99.1 cm³/mol. The van der Waals surface area contributed by atoms with E-state index in [-0.39, 0.29) is 51.1 Å². The van der Waals surface area contributed by atoms with Crippen molar-refractivity contribution in [2.75, 3.05) is 39.3 Å². The standard InChI is InChI=1S/C16H22F2N4O5S2/c17-13-1-2-15(14(18)11-13)28(24,25)21-9-7-20(8-10-21)16(23)12-3-5-22(6-4-12)29(19,26)27/h1-2,11-12H,3-10H2,(H2,19,26,27). The first kappa shape index (κ1) is 22.0. The maximum Gasteiger partial charge on any atom is 0.276 e. The van der Waals surface area contributed by atoms with Crippen molar-refractivity contribution in [2.45, 2.75) is 17.7 Å². The van der Waals surface area contributed by atoms with Crippen molar-refractivity contribution in [3.63, 3.8) is 0 Å². The molecule has 0 aromatic heterocycles. The highest BCUT2D eigenvalue weighted by Gasteiger charge is 2.36. The molecule has 0 aliphatic carbocycles. The summed E-state index contributed by atoms with van der Waals surface area (Å²) in [4.78, 5) is 13.6. The van der Waals surface area contributed by atoms with Gasteiger partial charge in [0, 0.05) is 51.3 Å². The topological polar surface area (TPSA) is 121 Å². The summed E-state index contributed by atoms with van der Waals surface area (Å²) in [6, 6.07) is 2.28. The van der Waals surface area contributed by atoms with Crippen LogP contribution in [0.4, 0.5) is 8.78 Å². The molecule has 2 fully saturated rings. The number of sulfonamides is 1. The SMILES string of the molecule is NS(=O)(=O)N1CCC(C(=O)N2CCN(S(=O)(=O)c3ccc(F)cc3F)CC2)CC1. The summed E-state index contributed by atoms with van der Waals surface area (Å²) in [5.41, 5.74) is 0. The van der Waals surface area contributed by atoms with E-state index >= 15 is 0 Å². The molecule has 0 radical (unpaired) electrons. The lowest BCUT2D eigenvalue weighted by Gasteiger charge is -2.37. The lowest BCUT2D eigenvalue weighted by molar-refractivity contribution is -0.137. The Morgan fingerprint density at radius 2 is 1.52 bits per heavy atom. The highest BCUT2D eigenvalue weighted by molar-refractivity contribution is 7.89. The summed E-state index contributed by atoms with van der Waals surface area (Å²) in [6.45, 7) is 0.565. The molecule has 0 saturated carbocycles. The van der Waals surface area contributed by atoms with Gasteiger partial charge in [-0.15, -0.1) is 0 Å². The van der Waals surface area contributed by atoms with E-state index < -0.39 is 36.8 Å². The minimum Gasteiger partial charge on any atom is -0.340 e. The Kier molecular flexibility index (Phi) is 6.24. The molecule has 2 aliphatic rings. The lowest BCUT2D eigenvalue weighted by atomic mass is 9.96. The second-order valence-electron chi connectivity index (χ2n) is 7.02. The number of hydrogen-bond acceptors (Lipinski definition) is 5. The quantitative estimate of drug-likeness (QED) is 0.673. The van der Waals surface area contributed by atoms with Crippen LogP contribution < -0.4 is 5.14 Å². The molecule has 0 spiro atoms. The fourth-order valence-corrected chi connectivity index (χ4v) is 5.78. The molecule has 1 amide bonds. The van der Waals surface area contributed by atoms with Crippen LogP contribution in [0.15, 0.2) is 23.1 Å². The van der Waals surface area contributed by atoms with E-state index in [1.165, 1.54) is 4.90 Å². The Labute approximate surface area is 168 Å². The van der Waals surface area contributed by atoms with Gasteiger partial charge in [0.25, 0.3) is 10.2 Å². The number of nitrogens with two attached hydrogens (primary N) is 1. The molecule has 2 saturated heterocycles. The van der Waals surface area contributed by atoms with Crippen LogP contribution in [0.1, 0.15) is 12.8 Å². The highest BCUT2D eigenvalue weighted by Crippen LogP contribution is 2.24. The summed E-state index contributed by atoms with van der Waals surface area (Å²) in [5.74, 6) is -2.55. The highest BCUT2D eigenvalue weighted by atomic mass is 32.2. The van der Waals surface area contributed by atoms with Crippen LogP contribution in [0.25, 0.3) is 0 Å². The van der Waals surface area contributed by atoms with E-state index in [0.29, 0.717) is 18.9 Å². The van der Waals surface area contributed by atoms with Gasteiger partial charge >= 0.3 is 0 Å². The number of piperidine rings is 1. The molecule has 0 atom stereocenters. The molecule has 1 aromatic carbocycles. The Morgan fingerprint density at radius 3 is 2.03 bits per heavy atom. The van der Waals surface area contributed by atoms with Crippen molar-refractivity contribution in [3.8, 4) is 0 Å². The zero-order valence-corrected chi connectivity index (χ0v) is 17.1. The number of benzene rings is 1. The Hall–Kier alpha value is -1.67. The molecule has 9 nitrogen and oxygen atoms in total. The largest absolute Gasteiger partial charge is 0.340 e. The van der Waals surface area contributed by atoms with Crippen molar-refractivity contribution >= 4 is 26.1 Å². The molecule has 13 heteroatoms. The van der Waals surface area contributed by atoms with Gasteiger partial charge in [0.2, 0.25) is 15.9 Å². The smallest absolute Gasteiger partial charge is 0.276 e. The predicted octanol–water partition coefficient (Wildman–Crippen LogP) is -0.287. The van der Waals surface area contributed by atoms with Crippen molar-refractivity contribution in [3.05, 3.63) is 29.8 Å². The Balaban J connectivity index is 1.60. The lowest BCUT2D eigenvalue weighted by Crippen LogP contribution is -2.53. The third kappa shape index (κ3) is 4.74. The van der Waals surface area contributed by atoms with E-state index in [4.69, 9.17) is 5.14 Å². The Morgan fingerprint density at radius 1 is 0.931 bits per heavy atom. The van der Waals surface area contributed by atoms with Gasteiger partial charge in [-0.2, -0.15) is 17.0 Å². The van der Waals surface area contributed by atoms with Gasteiger partial charge in [-0.25, -0.2) is 22.3 Å². The number of amides is 1. The second-order valence-corrected chi connectivity index (χ2v) is 10.5. The molecule has 2 aliphatic heterocycles. The number of carbonyl (C=O) groups excluding carboxylic acids is 1. The summed E-state index contributed by atoms with van der Waals surface area (Å²) in [6.07, 6.45) is 0.684. The number of rotatable bonds is 4. The van der Waals surface area contributed by atoms with Gasteiger partial charge in [0.15, 0.2) is 0 Å². The number of nitrogens with zero attached hydrogens (tertiary/aromatic N) is 3. The first-order valence-electron chi connectivity index (χ1n) is 9.02. The molecule has 2 N–H and O–H groups in total. The average molecular weight is 453 g/mol.